The van der Waals surface area contributed by atoms with Crippen LogP contribution in [-0.4, -0.2) is 38.8 Å². The Morgan fingerprint density at radius 3 is 3.06 bits per heavy atom. The summed E-state index contributed by atoms with van der Waals surface area (Å²) in [5.41, 5.74) is 0. The molecule has 0 bridgehead atoms. The maximum Gasteiger partial charge on any atom is 0.225 e. The largest absolute Gasteiger partial charge is 0.381 e. The van der Waals surface area contributed by atoms with Crippen molar-refractivity contribution in [2.45, 2.75) is 25.7 Å². The van der Waals surface area contributed by atoms with Crippen molar-refractivity contribution in [3.05, 3.63) is 0 Å². The predicted molar refractivity (Wildman–Crippen MR) is 62.1 cm³/mol. The molecule has 0 spiro atoms. The summed E-state index contributed by atoms with van der Waals surface area (Å²) >= 11 is 0. The molecule has 16 heavy (non-hydrogen) atoms. The summed E-state index contributed by atoms with van der Waals surface area (Å²) in [6, 6.07) is 0. The topological polar surface area (TPSA) is 50.4 Å². The van der Waals surface area contributed by atoms with E-state index in [0.29, 0.717) is 6.61 Å². The monoisotopic (exact) mass is 226 g/mol. The Hall–Kier alpha value is -0.610. The van der Waals surface area contributed by atoms with Gasteiger partial charge in [0.15, 0.2) is 0 Å². The molecule has 0 aromatic rings. The van der Waals surface area contributed by atoms with Gasteiger partial charge in [-0.25, -0.2) is 0 Å². The van der Waals surface area contributed by atoms with Gasteiger partial charge in [-0.05, 0) is 44.7 Å². The second-order valence-corrected chi connectivity index (χ2v) is 4.85. The maximum atomic E-state index is 11.7. The number of rotatable bonds is 4. The number of carbonyl (C=O) groups excluding carboxylic acids is 1. The molecule has 2 aliphatic heterocycles. The van der Waals surface area contributed by atoms with Crippen molar-refractivity contribution in [2.24, 2.45) is 11.8 Å². The number of piperidine rings is 1. The molecule has 0 aromatic carbocycles. The standard InChI is InChI=1S/C12H22N2O2/c15-12(11-4-7-16-9-11)14-6-3-10-2-1-5-13-8-10/h10-11,13H,1-9H2,(H,14,15). The van der Waals surface area contributed by atoms with Crippen molar-refractivity contribution in [3.8, 4) is 0 Å². The van der Waals surface area contributed by atoms with Crippen LogP contribution in [0.15, 0.2) is 0 Å². The van der Waals surface area contributed by atoms with Gasteiger partial charge in [0.2, 0.25) is 5.91 Å². The van der Waals surface area contributed by atoms with Gasteiger partial charge in [-0.2, -0.15) is 0 Å². The number of amides is 1. The third-order valence-electron chi connectivity index (χ3n) is 3.55. The van der Waals surface area contributed by atoms with Crippen LogP contribution in [0.2, 0.25) is 0 Å². The highest BCUT2D eigenvalue weighted by atomic mass is 16.5. The second kappa shape index (κ2) is 6.21. The van der Waals surface area contributed by atoms with E-state index >= 15 is 0 Å². The van der Waals surface area contributed by atoms with Gasteiger partial charge in [0.05, 0.1) is 12.5 Å². The number of nitrogens with one attached hydrogen (secondary N) is 2. The molecule has 2 heterocycles. The summed E-state index contributed by atoms with van der Waals surface area (Å²) in [5.74, 6) is 1.03. The van der Waals surface area contributed by atoms with E-state index in [-0.39, 0.29) is 11.8 Å². The summed E-state index contributed by atoms with van der Waals surface area (Å²) in [7, 11) is 0. The molecule has 2 aliphatic rings. The first-order chi connectivity index (χ1) is 7.86. The van der Waals surface area contributed by atoms with Gasteiger partial charge in [0, 0.05) is 13.2 Å². The molecule has 2 fully saturated rings. The third-order valence-corrected chi connectivity index (χ3v) is 3.55. The molecule has 1 amide bonds. The predicted octanol–water partition coefficient (Wildman–Crippen LogP) is 0.529. The Labute approximate surface area is 97.1 Å². The summed E-state index contributed by atoms with van der Waals surface area (Å²) in [6.07, 6.45) is 4.56. The first kappa shape index (κ1) is 11.9. The zero-order valence-corrected chi connectivity index (χ0v) is 9.84. The lowest BCUT2D eigenvalue weighted by Gasteiger charge is -2.22. The second-order valence-electron chi connectivity index (χ2n) is 4.85. The molecular formula is C12H22N2O2. The van der Waals surface area contributed by atoms with Gasteiger partial charge in [0.1, 0.15) is 0 Å². The molecule has 0 aliphatic carbocycles. The van der Waals surface area contributed by atoms with E-state index in [9.17, 15) is 4.79 Å². The zero-order chi connectivity index (χ0) is 11.2. The minimum atomic E-state index is 0.101. The van der Waals surface area contributed by atoms with Crippen LogP contribution >= 0.6 is 0 Å². The smallest absolute Gasteiger partial charge is 0.225 e. The Balaban J connectivity index is 1.57. The highest BCUT2D eigenvalue weighted by molar-refractivity contribution is 5.78. The average Bonchev–Trinajstić information content (AvgIpc) is 2.84. The van der Waals surface area contributed by atoms with Crippen LogP contribution in [0.4, 0.5) is 0 Å². The van der Waals surface area contributed by atoms with E-state index in [1.165, 1.54) is 12.8 Å². The lowest BCUT2D eigenvalue weighted by molar-refractivity contribution is -0.124. The number of hydrogen-bond acceptors (Lipinski definition) is 3. The van der Waals surface area contributed by atoms with Crippen molar-refractivity contribution < 1.29 is 9.53 Å². The van der Waals surface area contributed by atoms with Gasteiger partial charge in [-0.15, -0.1) is 0 Å². The molecule has 2 atom stereocenters. The molecule has 0 saturated carbocycles. The number of ether oxygens (including phenoxy) is 1. The van der Waals surface area contributed by atoms with Crippen LogP contribution in [0.1, 0.15) is 25.7 Å². The van der Waals surface area contributed by atoms with Crippen LogP contribution in [0.25, 0.3) is 0 Å². The number of hydrogen-bond donors (Lipinski definition) is 2. The summed E-state index contributed by atoms with van der Waals surface area (Å²) < 4.78 is 5.20. The van der Waals surface area contributed by atoms with Gasteiger partial charge in [0.25, 0.3) is 0 Å². The van der Waals surface area contributed by atoms with Crippen molar-refractivity contribution in [3.63, 3.8) is 0 Å². The van der Waals surface area contributed by atoms with Gasteiger partial charge < -0.3 is 15.4 Å². The quantitative estimate of drug-likeness (QED) is 0.735. The van der Waals surface area contributed by atoms with Gasteiger partial charge in [-0.1, -0.05) is 0 Å². The highest BCUT2D eigenvalue weighted by Crippen LogP contribution is 2.14. The summed E-state index contributed by atoms with van der Waals surface area (Å²) in [4.78, 5) is 11.7. The third kappa shape index (κ3) is 3.46. The summed E-state index contributed by atoms with van der Waals surface area (Å²) in [5, 5.41) is 6.42. The Bertz CT molecular complexity index is 221. The Kier molecular flexibility index (Phi) is 4.60. The lowest BCUT2D eigenvalue weighted by atomic mass is 9.96. The number of carbonyl (C=O) groups is 1. The van der Waals surface area contributed by atoms with Gasteiger partial charge >= 0.3 is 0 Å². The Morgan fingerprint density at radius 1 is 1.44 bits per heavy atom. The normalized spacial score (nSPS) is 30.2. The van der Waals surface area contributed by atoms with Crippen LogP contribution in [-0.2, 0) is 9.53 Å². The minimum absolute atomic E-state index is 0.101. The molecule has 2 saturated heterocycles. The maximum absolute atomic E-state index is 11.7. The molecule has 0 aromatic heterocycles. The van der Waals surface area contributed by atoms with Crippen molar-refractivity contribution in [2.75, 3.05) is 32.8 Å². The highest BCUT2D eigenvalue weighted by Gasteiger charge is 2.23. The summed E-state index contributed by atoms with van der Waals surface area (Å²) in [6.45, 7) is 4.44. The van der Waals surface area contributed by atoms with Crippen molar-refractivity contribution in [1.82, 2.24) is 10.6 Å². The van der Waals surface area contributed by atoms with Crippen molar-refractivity contribution >= 4 is 5.91 Å². The molecule has 4 heteroatoms. The fourth-order valence-corrected chi connectivity index (χ4v) is 2.46. The van der Waals surface area contributed by atoms with E-state index in [0.717, 1.165) is 45.0 Å². The van der Waals surface area contributed by atoms with Crippen LogP contribution < -0.4 is 10.6 Å². The van der Waals surface area contributed by atoms with Crippen LogP contribution in [0, 0.1) is 11.8 Å². The molecule has 92 valence electrons. The zero-order valence-electron chi connectivity index (χ0n) is 9.84. The molecule has 0 radical (unpaired) electrons. The molecule has 2 rings (SSSR count). The lowest BCUT2D eigenvalue weighted by Crippen LogP contribution is -2.35. The fraction of sp³-hybridized carbons (Fsp3) is 0.917. The van der Waals surface area contributed by atoms with Crippen LogP contribution in [0.3, 0.4) is 0 Å². The first-order valence-corrected chi connectivity index (χ1v) is 6.42. The molecule has 2 N–H and O–H groups in total. The SMILES string of the molecule is O=C(NCCC1CCCNC1)C1CCOC1. The Morgan fingerprint density at radius 2 is 2.38 bits per heavy atom. The van der Waals surface area contributed by atoms with E-state index in [1.807, 2.05) is 0 Å². The van der Waals surface area contributed by atoms with E-state index < -0.39 is 0 Å². The average molecular weight is 226 g/mol. The van der Waals surface area contributed by atoms with Crippen LogP contribution in [0.5, 0.6) is 0 Å². The minimum Gasteiger partial charge on any atom is -0.381 e. The first-order valence-electron chi connectivity index (χ1n) is 6.42. The molecule has 2 unspecified atom stereocenters. The van der Waals surface area contributed by atoms with Crippen molar-refractivity contribution in [1.29, 1.82) is 0 Å². The van der Waals surface area contributed by atoms with Gasteiger partial charge in [-0.3, -0.25) is 4.79 Å². The van der Waals surface area contributed by atoms with E-state index in [1.54, 1.807) is 0 Å². The molecule has 4 nitrogen and oxygen atoms in total. The van der Waals surface area contributed by atoms with E-state index in [4.69, 9.17) is 4.74 Å². The fourth-order valence-electron chi connectivity index (χ4n) is 2.46. The van der Waals surface area contributed by atoms with E-state index in [2.05, 4.69) is 10.6 Å². The molecular weight excluding hydrogens is 204 g/mol.